The predicted octanol–water partition coefficient (Wildman–Crippen LogP) is 3.85. The van der Waals surface area contributed by atoms with Gasteiger partial charge in [-0.2, -0.15) is 0 Å². The van der Waals surface area contributed by atoms with Gasteiger partial charge in [0.25, 0.3) is 10.0 Å². The molecule has 1 aromatic heterocycles. The molecule has 1 N–H and O–H groups in total. The number of sulfonamides is 1. The highest BCUT2D eigenvalue weighted by atomic mass is 32.2. The average Bonchev–Trinajstić information content (AvgIpc) is 3.23. The molecule has 0 atom stereocenters. The summed E-state index contributed by atoms with van der Waals surface area (Å²) >= 11 is 0. The molecule has 0 unspecified atom stereocenters. The number of rotatable bonds is 6. The van der Waals surface area contributed by atoms with Crippen LogP contribution in [0.1, 0.15) is 15.9 Å². The number of aryl methyl sites for hydroxylation is 1. The van der Waals surface area contributed by atoms with E-state index in [2.05, 4.69) is 4.72 Å². The number of hydrogen-bond donors (Lipinski definition) is 1. The SMILES string of the molecule is COC(=O)c1cc(C)cc(-c2ccco2)c1NS(=O)(=O)c1ccc(OC)cc1. The highest BCUT2D eigenvalue weighted by Crippen LogP contribution is 2.35. The minimum absolute atomic E-state index is 0.0232. The Labute approximate surface area is 162 Å². The third-order valence-electron chi connectivity index (χ3n) is 4.08. The van der Waals surface area contributed by atoms with E-state index in [0.29, 0.717) is 17.1 Å². The number of methoxy groups -OCH3 is 2. The van der Waals surface area contributed by atoms with Crippen LogP contribution < -0.4 is 9.46 Å². The standard InChI is InChI=1S/C20H19NO6S/c1-13-11-16(18-5-4-10-27-18)19(17(12-13)20(22)26-3)21-28(23,24)15-8-6-14(25-2)7-9-15/h4-12,21H,1-3H3. The van der Waals surface area contributed by atoms with Crippen molar-refractivity contribution < 1.29 is 27.1 Å². The summed E-state index contributed by atoms with van der Waals surface area (Å²) in [5, 5.41) is 0. The van der Waals surface area contributed by atoms with Gasteiger partial charge in [0.15, 0.2) is 0 Å². The first-order chi connectivity index (χ1) is 13.4. The number of anilines is 1. The van der Waals surface area contributed by atoms with Gasteiger partial charge in [0.2, 0.25) is 0 Å². The molecule has 3 aromatic rings. The van der Waals surface area contributed by atoms with E-state index in [1.54, 1.807) is 43.3 Å². The summed E-state index contributed by atoms with van der Waals surface area (Å²) in [4.78, 5) is 12.3. The second-order valence-electron chi connectivity index (χ2n) is 5.98. The lowest BCUT2D eigenvalue weighted by Gasteiger charge is -2.16. The first-order valence-corrected chi connectivity index (χ1v) is 9.77. The van der Waals surface area contributed by atoms with Crippen LogP contribution in [0.25, 0.3) is 11.3 Å². The lowest BCUT2D eigenvalue weighted by molar-refractivity contribution is 0.0602. The van der Waals surface area contributed by atoms with Crippen LogP contribution in [0.15, 0.2) is 64.1 Å². The molecule has 0 saturated carbocycles. The Hall–Kier alpha value is -3.26. The number of carbonyl (C=O) groups is 1. The van der Waals surface area contributed by atoms with Crippen molar-refractivity contribution in [2.75, 3.05) is 18.9 Å². The fraction of sp³-hybridized carbons (Fsp3) is 0.150. The molecule has 0 bridgehead atoms. The predicted molar refractivity (Wildman–Crippen MR) is 104 cm³/mol. The van der Waals surface area contributed by atoms with Crippen LogP contribution in [-0.2, 0) is 14.8 Å². The van der Waals surface area contributed by atoms with Crippen molar-refractivity contribution in [3.63, 3.8) is 0 Å². The van der Waals surface area contributed by atoms with E-state index < -0.39 is 16.0 Å². The van der Waals surface area contributed by atoms with Crippen LogP contribution in [0.3, 0.4) is 0 Å². The summed E-state index contributed by atoms with van der Waals surface area (Å²) < 4.78 is 43.7. The highest BCUT2D eigenvalue weighted by molar-refractivity contribution is 7.92. The van der Waals surface area contributed by atoms with Gasteiger partial charge >= 0.3 is 5.97 Å². The molecule has 0 spiro atoms. The summed E-state index contributed by atoms with van der Waals surface area (Å²) in [5.41, 5.74) is 1.36. The van der Waals surface area contributed by atoms with Crippen molar-refractivity contribution in [2.24, 2.45) is 0 Å². The van der Waals surface area contributed by atoms with E-state index in [0.717, 1.165) is 5.56 Å². The first-order valence-electron chi connectivity index (χ1n) is 8.29. The van der Waals surface area contributed by atoms with E-state index in [4.69, 9.17) is 13.9 Å². The Morgan fingerprint density at radius 2 is 1.79 bits per heavy atom. The molecular weight excluding hydrogens is 382 g/mol. The van der Waals surface area contributed by atoms with Gasteiger partial charge < -0.3 is 13.9 Å². The third kappa shape index (κ3) is 3.86. The Morgan fingerprint density at radius 1 is 1.07 bits per heavy atom. The number of hydrogen-bond acceptors (Lipinski definition) is 6. The molecule has 0 fully saturated rings. The zero-order valence-corrected chi connectivity index (χ0v) is 16.4. The van der Waals surface area contributed by atoms with E-state index in [-0.39, 0.29) is 16.1 Å². The fourth-order valence-corrected chi connectivity index (χ4v) is 3.84. The molecule has 28 heavy (non-hydrogen) atoms. The zero-order valence-electron chi connectivity index (χ0n) is 15.6. The van der Waals surface area contributed by atoms with Crippen LogP contribution in [-0.4, -0.2) is 28.6 Å². The number of furan rings is 1. The monoisotopic (exact) mass is 401 g/mol. The normalized spacial score (nSPS) is 11.1. The molecule has 0 amide bonds. The quantitative estimate of drug-likeness (QED) is 0.631. The topological polar surface area (TPSA) is 94.8 Å². The van der Waals surface area contributed by atoms with E-state index in [1.807, 2.05) is 0 Å². The number of carbonyl (C=O) groups excluding carboxylic acids is 1. The smallest absolute Gasteiger partial charge is 0.340 e. The number of benzene rings is 2. The number of esters is 1. The van der Waals surface area contributed by atoms with Crippen molar-refractivity contribution in [3.05, 3.63) is 65.9 Å². The largest absolute Gasteiger partial charge is 0.497 e. The fourth-order valence-electron chi connectivity index (χ4n) is 2.74. The summed E-state index contributed by atoms with van der Waals surface area (Å²) in [6.07, 6.45) is 1.47. The van der Waals surface area contributed by atoms with E-state index in [9.17, 15) is 13.2 Å². The van der Waals surface area contributed by atoms with Crippen molar-refractivity contribution in [3.8, 4) is 17.1 Å². The molecule has 0 aliphatic rings. The summed E-state index contributed by atoms with van der Waals surface area (Å²) in [5.74, 6) is 0.283. The Morgan fingerprint density at radius 3 is 2.36 bits per heavy atom. The van der Waals surface area contributed by atoms with E-state index >= 15 is 0 Å². The zero-order chi connectivity index (χ0) is 20.3. The summed E-state index contributed by atoms with van der Waals surface area (Å²) in [6.45, 7) is 1.79. The van der Waals surface area contributed by atoms with Crippen LogP contribution in [0.2, 0.25) is 0 Å². The first kappa shape index (κ1) is 19.5. The Kier molecular flexibility index (Phi) is 5.41. The Balaban J connectivity index is 2.14. The second-order valence-corrected chi connectivity index (χ2v) is 7.67. The molecule has 3 rings (SSSR count). The summed E-state index contributed by atoms with van der Waals surface area (Å²) in [7, 11) is -1.26. The molecular formula is C20H19NO6S. The van der Waals surface area contributed by atoms with Crippen LogP contribution in [0, 0.1) is 6.92 Å². The lowest BCUT2D eigenvalue weighted by Crippen LogP contribution is -2.17. The third-order valence-corrected chi connectivity index (χ3v) is 5.45. The van der Waals surface area contributed by atoms with Gasteiger partial charge in [0.1, 0.15) is 11.5 Å². The second kappa shape index (κ2) is 7.77. The van der Waals surface area contributed by atoms with Crippen LogP contribution in [0.4, 0.5) is 5.69 Å². The van der Waals surface area contributed by atoms with Crippen molar-refractivity contribution in [1.82, 2.24) is 0 Å². The van der Waals surface area contributed by atoms with Crippen LogP contribution >= 0.6 is 0 Å². The maximum atomic E-state index is 12.9. The van der Waals surface area contributed by atoms with E-state index in [1.165, 1.54) is 32.6 Å². The molecule has 7 nitrogen and oxygen atoms in total. The number of ether oxygens (including phenoxy) is 2. The van der Waals surface area contributed by atoms with Gasteiger partial charge in [0.05, 0.1) is 36.6 Å². The lowest BCUT2D eigenvalue weighted by atomic mass is 10.0. The average molecular weight is 401 g/mol. The maximum Gasteiger partial charge on any atom is 0.340 e. The number of nitrogens with one attached hydrogen (secondary N) is 1. The molecule has 8 heteroatoms. The molecule has 0 aliphatic heterocycles. The minimum atomic E-state index is -3.98. The van der Waals surface area contributed by atoms with Gasteiger partial charge in [-0.15, -0.1) is 0 Å². The molecule has 1 heterocycles. The Bertz CT molecular complexity index is 1090. The van der Waals surface area contributed by atoms with Gasteiger partial charge in [-0.05, 0) is 61.0 Å². The maximum absolute atomic E-state index is 12.9. The molecule has 0 aliphatic carbocycles. The molecule has 0 radical (unpaired) electrons. The van der Waals surface area contributed by atoms with Gasteiger partial charge in [-0.1, -0.05) is 0 Å². The van der Waals surface area contributed by atoms with Gasteiger partial charge in [0, 0.05) is 5.56 Å². The molecule has 146 valence electrons. The van der Waals surface area contributed by atoms with Crippen LogP contribution in [0.5, 0.6) is 5.75 Å². The van der Waals surface area contributed by atoms with Crippen molar-refractivity contribution in [2.45, 2.75) is 11.8 Å². The minimum Gasteiger partial charge on any atom is -0.497 e. The van der Waals surface area contributed by atoms with Crippen molar-refractivity contribution >= 4 is 21.7 Å². The van der Waals surface area contributed by atoms with Crippen molar-refractivity contribution in [1.29, 1.82) is 0 Å². The molecule has 0 saturated heterocycles. The highest BCUT2D eigenvalue weighted by Gasteiger charge is 2.24. The van der Waals surface area contributed by atoms with Gasteiger partial charge in [-0.25, -0.2) is 13.2 Å². The summed E-state index contributed by atoms with van der Waals surface area (Å²) in [6, 6.07) is 12.6. The molecule has 2 aromatic carbocycles. The van der Waals surface area contributed by atoms with Gasteiger partial charge in [-0.3, -0.25) is 4.72 Å².